The van der Waals surface area contributed by atoms with Crippen molar-refractivity contribution < 1.29 is 4.74 Å². The number of likely N-dealkylation sites (tertiary alicyclic amines) is 1. The van der Waals surface area contributed by atoms with Crippen LogP contribution in [0.4, 0.5) is 0 Å². The van der Waals surface area contributed by atoms with Crippen molar-refractivity contribution in [3.05, 3.63) is 77.1 Å². The maximum Gasteiger partial charge on any atom is 0.271 e. The summed E-state index contributed by atoms with van der Waals surface area (Å²) >= 11 is 0. The molecule has 0 amide bonds. The van der Waals surface area contributed by atoms with Gasteiger partial charge < -0.3 is 9.64 Å². The molecule has 4 rings (SSSR count). The standard InChI is InChI=1S/C24H27N3O2/c1-19-7-5-16-26(19)17-6-18-29-22-12-10-20(11-13-22)23-14-15-24(28)27(25-23)21-8-3-2-4-9-21/h2-4,8-15,19H,5-7,16-18H2,1H3. The Morgan fingerprint density at radius 2 is 1.83 bits per heavy atom. The van der Waals surface area contributed by atoms with Crippen LogP contribution in [0.25, 0.3) is 16.9 Å². The van der Waals surface area contributed by atoms with E-state index in [-0.39, 0.29) is 5.56 Å². The summed E-state index contributed by atoms with van der Waals surface area (Å²) in [4.78, 5) is 14.7. The fourth-order valence-corrected chi connectivity index (χ4v) is 3.82. The van der Waals surface area contributed by atoms with Crippen molar-refractivity contribution in [3.8, 4) is 22.7 Å². The lowest BCUT2D eigenvalue weighted by Gasteiger charge is -2.20. The van der Waals surface area contributed by atoms with Gasteiger partial charge in [-0.3, -0.25) is 4.79 Å². The molecule has 0 spiro atoms. The first-order valence-corrected chi connectivity index (χ1v) is 10.3. The van der Waals surface area contributed by atoms with Gasteiger partial charge in [0, 0.05) is 24.2 Å². The minimum atomic E-state index is -0.146. The fourth-order valence-electron chi connectivity index (χ4n) is 3.82. The Morgan fingerprint density at radius 3 is 2.55 bits per heavy atom. The van der Waals surface area contributed by atoms with Crippen molar-refractivity contribution in [2.75, 3.05) is 19.7 Å². The minimum Gasteiger partial charge on any atom is -0.494 e. The number of ether oxygens (including phenoxy) is 1. The number of para-hydroxylation sites is 1. The monoisotopic (exact) mass is 389 g/mol. The van der Waals surface area contributed by atoms with Crippen LogP contribution in [0, 0.1) is 0 Å². The highest BCUT2D eigenvalue weighted by Crippen LogP contribution is 2.21. The highest BCUT2D eigenvalue weighted by atomic mass is 16.5. The number of benzene rings is 2. The summed E-state index contributed by atoms with van der Waals surface area (Å²) in [7, 11) is 0. The van der Waals surface area contributed by atoms with Gasteiger partial charge in [-0.2, -0.15) is 9.78 Å². The Balaban J connectivity index is 1.38. The second kappa shape index (κ2) is 9.05. The van der Waals surface area contributed by atoms with Gasteiger partial charge in [-0.1, -0.05) is 18.2 Å². The quantitative estimate of drug-likeness (QED) is 0.570. The van der Waals surface area contributed by atoms with Crippen molar-refractivity contribution >= 4 is 0 Å². The topological polar surface area (TPSA) is 47.4 Å². The number of aromatic nitrogens is 2. The lowest BCUT2D eigenvalue weighted by molar-refractivity contribution is 0.230. The number of nitrogens with zero attached hydrogens (tertiary/aromatic N) is 3. The first-order valence-electron chi connectivity index (χ1n) is 10.3. The van der Waals surface area contributed by atoms with Crippen LogP contribution >= 0.6 is 0 Å². The minimum absolute atomic E-state index is 0.146. The van der Waals surface area contributed by atoms with Gasteiger partial charge in [0.05, 0.1) is 18.0 Å². The van der Waals surface area contributed by atoms with Crippen molar-refractivity contribution in [2.24, 2.45) is 0 Å². The Hall–Kier alpha value is -2.92. The molecule has 1 fully saturated rings. The second-order valence-electron chi connectivity index (χ2n) is 7.56. The van der Waals surface area contributed by atoms with E-state index in [1.807, 2.05) is 54.6 Å². The molecule has 0 aliphatic carbocycles. The fraction of sp³-hybridized carbons (Fsp3) is 0.333. The zero-order valence-electron chi connectivity index (χ0n) is 16.8. The molecule has 0 radical (unpaired) electrons. The first kappa shape index (κ1) is 19.4. The summed E-state index contributed by atoms with van der Waals surface area (Å²) < 4.78 is 7.33. The SMILES string of the molecule is CC1CCCN1CCCOc1ccc(-c2ccc(=O)n(-c3ccccc3)n2)cc1. The summed E-state index contributed by atoms with van der Waals surface area (Å²) in [5.41, 5.74) is 2.31. The van der Waals surface area contributed by atoms with Crippen molar-refractivity contribution in [2.45, 2.75) is 32.2 Å². The predicted octanol–water partition coefficient (Wildman–Crippen LogP) is 4.15. The first-order chi connectivity index (χ1) is 14.2. The Kier molecular flexibility index (Phi) is 6.06. The number of hydrogen-bond acceptors (Lipinski definition) is 4. The number of hydrogen-bond donors (Lipinski definition) is 0. The molecule has 1 atom stereocenters. The third-order valence-electron chi connectivity index (χ3n) is 5.50. The molecule has 0 N–H and O–H groups in total. The van der Waals surface area contributed by atoms with Gasteiger partial charge >= 0.3 is 0 Å². The van der Waals surface area contributed by atoms with Gasteiger partial charge in [-0.05, 0) is 75.2 Å². The molecule has 29 heavy (non-hydrogen) atoms. The van der Waals surface area contributed by atoms with Gasteiger partial charge in [0.15, 0.2) is 0 Å². The normalized spacial score (nSPS) is 16.8. The highest BCUT2D eigenvalue weighted by Gasteiger charge is 2.19. The van der Waals surface area contributed by atoms with Crippen molar-refractivity contribution in [3.63, 3.8) is 0 Å². The molecule has 1 aromatic heterocycles. The maximum absolute atomic E-state index is 12.2. The van der Waals surface area contributed by atoms with Gasteiger partial charge in [-0.15, -0.1) is 0 Å². The summed E-state index contributed by atoms with van der Waals surface area (Å²) in [6.07, 6.45) is 3.67. The largest absolute Gasteiger partial charge is 0.494 e. The molecular formula is C24H27N3O2. The van der Waals surface area contributed by atoms with E-state index < -0.39 is 0 Å². The zero-order chi connectivity index (χ0) is 20.1. The van der Waals surface area contributed by atoms with Gasteiger partial charge in [0.2, 0.25) is 0 Å². The van der Waals surface area contributed by atoms with Crippen LogP contribution in [0.1, 0.15) is 26.2 Å². The molecule has 1 unspecified atom stereocenters. The van der Waals surface area contributed by atoms with Crippen LogP contribution in [-0.2, 0) is 0 Å². The van der Waals surface area contributed by atoms with E-state index in [1.165, 1.54) is 24.1 Å². The van der Waals surface area contributed by atoms with Gasteiger partial charge in [-0.25, -0.2) is 0 Å². The Bertz CT molecular complexity index is 983. The molecule has 150 valence electrons. The number of rotatable bonds is 7. The van der Waals surface area contributed by atoms with Crippen LogP contribution in [0.15, 0.2) is 71.5 Å². The molecule has 0 bridgehead atoms. The van der Waals surface area contributed by atoms with Crippen LogP contribution in [-0.4, -0.2) is 40.4 Å². The summed E-state index contributed by atoms with van der Waals surface area (Å²) in [5.74, 6) is 0.861. The third-order valence-corrected chi connectivity index (χ3v) is 5.50. The van der Waals surface area contributed by atoms with E-state index >= 15 is 0 Å². The average molecular weight is 389 g/mol. The van der Waals surface area contributed by atoms with E-state index in [1.54, 1.807) is 12.1 Å². The zero-order valence-corrected chi connectivity index (χ0v) is 16.8. The van der Waals surface area contributed by atoms with E-state index in [4.69, 9.17) is 4.74 Å². The predicted molar refractivity (Wildman–Crippen MR) is 116 cm³/mol. The molecule has 1 aliphatic rings. The van der Waals surface area contributed by atoms with Crippen molar-refractivity contribution in [1.82, 2.24) is 14.7 Å². The lowest BCUT2D eigenvalue weighted by atomic mass is 10.1. The second-order valence-corrected chi connectivity index (χ2v) is 7.56. The third kappa shape index (κ3) is 4.74. The molecule has 1 saturated heterocycles. The van der Waals surface area contributed by atoms with E-state index in [9.17, 15) is 4.79 Å². The van der Waals surface area contributed by atoms with Crippen LogP contribution in [0.5, 0.6) is 5.75 Å². The molecule has 5 nitrogen and oxygen atoms in total. The molecular weight excluding hydrogens is 362 g/mol. The Labute approximate surface area is 171 Å². The summed E-state index contributed by atoms with van der Waals surface area (Å²) in [5, 5.41) is 4.53. The van der Waals surface area contributed by atoms with Gasteiger partial charge in [0.25, 0.3) is 5.56 Å². The molecule has 2 aromatic carbocycles. The van der Waals surface area contributed by atoms with E-state index in [0.717, 1.165) is 42.3 Å². The average Bonchev–Trinajstić information content (AvgIpc) is 3.17. The van der Waals surface area contributed by atoms with Crippen LogP contribution in [0.3, 0.4) is 0 Å². The maximum atomic E-state index is 12.2. The highest BCUT2D eigenvalue weighted by molar-refractivity contribution is 5.59. The Morgan fingerprint density at radius 1 is 1.03 bits per heavy atom. The molecule has 2 heterocycles. The van der Waals surface area contributed by atoms with Gasteiger partial charge in [0.1, 0.15) is 5.75 Å². The van der Waals surface area contributed by atoms with Crippen LogP contribution < -0.4 is 10.3 Å². The summed E-state index contributed by atoms with van der Waals surface area (Å²) in [6, 6.07) is 21.4. The lowest BCUT2D eigenvalue weighted by Crippen LogP contribution is -2.28. The molecule has 5 heteroatoms. The van der Waals surface area contributed by atoms with E-state index in [2.05, 4.69) is 16.9 Å². The molecule has 3 aromatic rings. The summed E-state index contributed by atoms with van der Waals surface area (Å²) in [6.45, 7) is 5.35. The molecule has 1 aliphatic heterocycles. The van der Waals surface area contributed by atoms with Crippen molar-refractivity contribution in [1.29, 1.82) is 0 Å². The van der Waals surface area contributed by atoms with E-state index in [0.29, 0.717) is 6.04 Å². The molecule has 0 saturated carbocycles. The smallest absolute Gasteiger partial charge is 0.271 e. The van der Waals surface area contributed by atoms with Crippen LogP contribution in [0.2, 0.25) is 0 Å².